The molecule has 7 nitrogen and oxygen atoms in total. The summed E-state index contributed by atoms with van der Waals surface area (Å²) in [5, 5.41) is 17.1. The summed E-state index contributed by atoms with van der Waals surface area (Å²) < 4.78 is 0. The Morgan fingerprint density at radius 3 is 2.50 bits per heavy atom. The topological polar surface area (TPSA) is 85.1 Å². The number of fused-ring (bicyclic) bond motifs is 1. The maximum absolute atomic E-state index is 12.7. The van der Waals surface area contributed by atoms with Crippen molar-refractivity contribution in [1.29, 1.82) is 5.26 Å². The molecule has 30 heavy (non-hydrogen) atoms. The van der Waals surface area contributed by atoms with Crippen LogP contribution in [-0.2, 0) is 0 Å². The first-order chi connectivity index (χ1) is 14.7. The third-order valence-corrected chi connectivity index (χ3v) is 5.99. The van der Waals surface area contributed by atoms with Gasteiger partial charge in [0.1, 0.15) is 22.2 Å². The molecule has 4 heterocycles. The fourth-order valence-electron chi connectivity index (χ4n) is 2.82. The van der Waals surface area contributed by atoms with Crippen LogP contribution in [0.25, 0.3) is 10.3 Å². The average Bonchev–Trinajstić information content (AvgIpc) is 3.43. The molecule has 0 atom stereocenters. The molecule has 1 amide bonds. The normalized spacial score (nSPS) is 13.5. The van der Waals surface area contributed by atoms with E-state index < -0.39 is 0 Å². The average molecular weight is 445 g/mol. The standard InChI is InChI=1S/C17H16N6OS2.2C2H6/c1-22-2-4-23(5-3-22)14-7-19-17-15(21-14)12(9-26-17)16(24)20-13-10-25-8-11(13)6-18;2*1-2/h7-10H,2-5H2,1H3,(H,20,24);2*1-2H3. The molecule has 1 saturated heterocycles. The summed E-state index contributed by atoms with van der Waals surface area (Å²) in [6, 6.07) is 2.08. The van der Waals surface area contributed by atoms with Crippen molar-refractivity contribution in [2.75, 3.05) is 43.4 Å². The van der Waals surface area contributed by atoms with Crippen molar-refractivity contribution >= 4 is 50.4 Å². The van der Waals surface area contributed by atoms with Gasteiger partial charge in [-0.1, -0.05) is 27.7 Å². The van der Waals surface area contributed by atoms with Crippen molar-refractivity contribution in [2.45, 2.75) is 27.7 Å². The minimum Gasteiger partial charge on any atom is -0.353 e. The van der Waals surface area contributed by atoms with Crippen molar-refractivity contribution in [1.82, 2.24) is 14.9 Å². The van der Waals surface area contributed by atoms with Crippen LogP contribution in [-0.4, -0.2) is 54.0 Å². The van der Waals surface area contributed by atoms with Crippen LogP contribution in [0.3, 0.4) is 0 Å². The summed E-state index contributed by atoms with van der Waals surface area (Å²) in [5.74, 6) is 0.530. The molecule has 0 saturated carbocycles. The lowest BCUT2D eigenvalue weighted by Crippen LogP contribution is -2.44. The molecule has 1 aliphatic rings. The van der Waals surface area contributed by atoms with Gasteiger partial charge in [-0.2, -0.15) is 5.26 Å². The van der Waals surface area contributed by atoms with E-state index in [1.165, 1.54) is 22.7 Å². The van der Waals surface area contributed by atoms with Crippen LogP contribution in [0.15, 0.2) is 22.3 Å². The van der Waals surface area contributed by atoms with Crippen LogP contribution >= 0.6 is 22.7 Å². The molecule has 0 aromatic carbocycles. The van der Waals surface area contributed by atoms with E-state index >= 15 is 0 Å². The molecule has 0 spiro atoms. The van der Waals surface area contributed by atoms with E-state index in [4.69, 9.17) is 10.2 Å². The Balaban J connectivity index is 0.000000757. The number of anilines is 2. The molecule has 0 bridgehead atoms. The number of likely N-dealkylation sites (N-methyl/N-ethyl adjacent to an activating group) is 1. The smallest absolute Gasteiger partial charge is 0.258 e. The largest absolute Gasteiger partial charge is 0.353 e. The highest BCUT2D eigenvalue weighted by Crippen LogP contribution is 2.27. The number of carbonyl (C=O) groups is 1. The lowest BCUT2D eigenvalue weighted by Gasteiger charge is -2.32. The molecular formula is C21H28N6OS2. The van der Waals surface area contributed by atoms with Gasteiger partial charge in [0.05, 0.1) is 23.0 Å². The predicted molar refractivity (Wildman–Crippen MR) is 127 cm³/mol. The Morgan fingerprint density at radius 1 is 1.13 bits per heavy atom. The molecule has 3 aromatic rings. The van der Waals surface area contributed by atoms with E-state index in [0.29, 0.717) is 22.3 Å². The van der Waals surface area contributed by atoms with E-state index in [0.717, 1.165) is 36.8 Å². The number of hydrogen-bond donors (Lipinski definition) is 1. The molecule has 160 valence electrons. The minimum absolute atomic E-state index is 0.268. The zero-order valence-electron chi connectivity index (χ0n) is 18.1. The SMILES string of the molecule is CC.CC.CN1CCN(c2cnc3scc(C(=O)Nc4cscc4C#N)c3n2)CC1. The number of nitrogens with one attached hydrogen (secondary N) is 1. The Kier molecular flexibility index (Phi) is 9.17. The molecule has 0 aliphatic carbocycles. The highest BCUT2D eigenvalue weighted by atomic mass is 32.1. The van der Waals surface area contributed by atoms with Gasteiger partial charge in [-0.25, -0.2) is 9.97 Å². The summed E-state index contributed by atoms with van der Waals surface area (Å²) in [4.78, 5) is 27.1. The molecule has 1 N–H and O–H groups in total. The number of nitrogens with zero attached hydrogens (tertiary/aromatic N) is 5. The van der Waals surface area contributed by atoms with Crippen molar-refractivity contribution in [3.63, 3.8) is 0 Å². The Labute approximate surface area is 186 Å². The first-order valence-corrected chi connectivity index (χ1v) is 11.9. The van der Waals surface area contributed by atoms with E-state index in [-0.39, 0.29) is 5.91 Å². The van der Waals surface area contributed by atoms with Gasteiger partial charge in [0.25, 0.3) is 5.91 Å². The summed E-state index contributed by atoms with van der Waals surface area (Å²) in [6.45, 7) is 11.7. The number of rotatable bonds is 3. The zero-order valence-corrected chi connectivity index (χ0v) is 19.7. The summed E-state index contributed by atoms with van der Waals surface area (Å²) in [5.41, 5.74) is 2.10. The van der Waals surface area contributed by atoms with Gasteiger partial charge in [-0.05, 0) is 7.05 Å². The lowest BCUT2D eigenvalue weighted by molar-refractivity contribution is 0.102. The Bertz CT molecular complexity index is 999. The monoisotopic (exact) mass is 444 g/mol. The van der Waals surface area contributed by atoms with Crippen LogP contribution in [0.5, 0.6) is 0 Å². The Hall–Kier alpha value is -2.54. The first-order valence-electron chi connectivity index (χ1n) is 10.1. The number of piperazine rings is 1. The maximum atomic E-state index is 12.7. The molecule has 4 rings (SSSR count). The third-order valence-electron chi connectivity index (χ3n) is 4.37. The van der Waals surface area contributed by atoms with E-state index in [9.17, 15) is 4.79 Å². The van der Waals surface area contributed by atoms with Crippen LogP contribution in [0.2, 0.25) is 0 Å². The van der Waals surface area contributed by atoms with Crippen molar-refractivity contribution < 1.29 is 4.79 Å². The fourth-order valence-corrected chi connectivity index (χ4v) is 4.35. The molecule has 9 heteroatoms. The second kappa shape index (κ2) is 11.6. The highest BCUT2D eigenvalue weighted by molar-refractivity contribution is 7.17. The Morgan fingerprint density at radius 2 is 1.83 bits per heavy atom. The highest BCUT2D eigenvalue weighted by Gasteiger charge is 2.20. The third kappa shape index (κ3) is 5.33. The first kappa shape index (κ1) is 23.7. The quantitative estimate of drug-likeness (QED) is 0.631. The van der Waals surface area contributed by atoms with E-state index in [2.05, 4.69) is 33.2 Å². The predicted octanol–water partition coefficient (Wildman–Crippen LogP) is 4.68. The van der Waals surface area contributed by atoms with Gasteiger partial charge in [0.15, 0.2) is 0 Å². The number of amides is 1. The summed E-state index contributed by atoms with van der Waals surface area (Å²) >= 11 is 2.78. The minimum atomic E-state index is -0.268. The molecule has 1 fully saturated rings. The van der Waals surface area contributed by atoms with Crippen LogP contribution < -0.4 is 10.2 Å². The molecule has 0 unspecified atom stereocenters. The molecule has 3 aromatic heterocycles. The maximum Gasteiger partial charge on any atom is 0.258 e. The van der Waals surface area contributed by atoms with Crippen LogP contribution in [0.4, 0.5) is 11.5 Å². The second-order valence-corrected chi connectivity index (χ2v) is 7.69. The van der Waals surface area contributed by atoms with E-state index in [1.807, 2.05) is 27.7 Å². The van der Waals surface area contributed by atoms with Crippen LogP contribution in [0.1, 0.15) is 43.6 Å². The second-order valence-electron chi connectivity index (χ2n) is 6.09. The summed E-state index contributed by atoms with van der Waals surface area (Å²) in [7, 11) is 2.10. The van der Waals surface area contributed by atoms with Gasteiger partial charge in [0, 0.05) is 42.3 Å². The van der Waals surface area contributed by atoms with Gasteiger partial charge in [-0.15, -0.1) is 22.7 Å². The number of thiophene rings is 2. The van der Waals surface area contributed by atoms with Crippen LogP contribution in [0, 0.1) is 11.3 Å². The lowest BCUT2D eigenvalue weighted by atomic mass is 10.2. The number of aromatic nitrogens is 2. The molecule has 1 aliphatic heterocycles. The van der Waals surface area contributed by atoms with Gasteiger partial charge >= 0.3 is 0 Å². The van der Waals surface area contributed by atoms with Crippen molar-refractivity contribution in [3.8, 4) is 6.07 Å². The fraction of sp³-hybridized carbons (Fsp3) is 0.429. The van der Waals surface area contributed by atoms with Gasteiger partial charge in [0.2, 0.25) is 0 Å². The number of nitriles is 1. The van der Waals surface area contributed by atoms with E-state index in [1.54, 1.807) is 22.3 Å². The van der Waals surface area contributed by atoms with Crippen molar-refractivity contribution in [3.05, 3.63) is 33.5 Å². The number of carbonyl (C=O) groups excluding carboxylic acids is 1. The summed E-state index contributed by atoms with van der Waals surface area (Å²) in [6.07, 6.45) is 1.78. The number of hydrogen-bond acceptors (Lipinski definition) is 8. The molecule has 0 radical (unpaired) electrons. The van der Waals surface area contributed by atoms with Gasteiger partial charge in [-0.3, -0.25) is 4.79 Å². The van der Waals surface area contributed by atoms with Crippen molar-refractivity contribution in [2.24, 2.45) is 0 Å². The molecular weight excluding hydrogens is 416 g/mol. The zero-order chi connectivity index (χ0) is 22.1. The van der Waals surface area contributed by atoms with Gasteiger partial charge < -0.3 is 15.1 Å².